The number of piperidine rings is 1. The van der Waals surface area contributed by atoms with Crippen LogP contribution in [0.1, 0.15) is 19.3 Å². The number of nitrogens with zero attached hydrogens (tertiary/aromatic N) is 1. The molecule has 0 saturated carbocycles. The van der Waals surface area contributed by atoms with E-state index < -0.39 is 11.6 Å². The zero-order valence-electron chi connectivity index (χ0n) is 11.2. The summed E-state index contributed by atoms with van der Waals surface area (Å²) in [7, 11) is 0. The first-order valence-corrected chi connectivity index (χ1v) is 7.03. The fourth-order valence-electron chi connectivity index (χ4n) is 2.72. The molecule has 2 aliphatic rings. The van der Waals surface area contributed by atoms with Crippen LogP contribution < -0.4 is 4.74 Å². The molecule has 1 aromatic rings. The maximum absolute atomic E-state index is 13.5. The van der Waals surface area contributed by atoms with Gasteiger partial charge in [0.1, 0.15) is 18.1 Å². The van der Waals surface area contributed by atoms with E-state index in [1.54, 1.807) is 0 Å². The zero-order valence-corrected chi connectivity index (χ0v) is 11.2. The number of likely N-dealkylation sites (tertiary alicyclic amines) is 1. The van der Waals surface area contributed by atoms with Gasteiger partial charge in [0, 0.05) is 32.2 Å². The van der Waals surface area contributed by atoms with E-state index >= 15 is 0 Å². The summed E-state index contributed by atoms with van der Waals surface area (Å²) in [6.45, 7) is 2.53. The van der Waals surface area contributed by atoms with Gasteiger partial charge in [0.05, 0.1) is 0 Å². The number of ether oxygens (including phenoxy) is 2. The van der Waals surface area contributed by atoms with Crippen molar-refractivity contribution in [2.45, 2.75) is 31.6 Å². The Morgan fingerprint density at radius 1 is 1.20 bits per heavy atom. The molecule has 0 bridgehead atoms. The molecule has 5 heteroatoms. The Hall–Kier alpha value is -1.20. The van der Waals surface area contributed by atoms with E-state index in [1.807, 2.05) is 0 Å². The summed E-state index contributed by atoms with van der Waals surface area (Å²) in [5, 5.41) is 0. The fraction of sp³-hybridized carbons (Fsp3) is 0.533. The molecule has 0 N–H and O–H groups in total. The van der Waals surface area contributed by atoms with Crippen LogP contribution in [0.15, 0.2) is 18.2 Å². The van der Waals surface area contributed by atoms with Crippen LogP contribution in [0, 0.1) is 18.1 Å². The van der Waals surface area contributed by atoms with E-state index in [0.29, 0.717) is 0 Å². The summed E-state index contributed by atoms with van der Waals surface area (Å²) in [5.74, 6) is -1.09. The normalized spacial score (nSPS) is 25.0. The summed E-state index contributed by atoms with van der Waals surface area (Å²) in [4.78, 5) is 2.27. The Kier molecular flexibility index (Phi) is 4.17. The van der Waals surface area contributed by atoms with Crippen LogP contribution in [-0.2, 0) is 4.74 Å². The lowest BCUT2D eigenvalue weighted by Crippen LogP contribution is -2.44. The molecule has 1 radical (unpaired) electrons. The molecule has 2 aliphatic heterocycles. The second-order valence-corrected chi connectivity index (χ2v) is 5.21. The summed E-state index contributed by atoms with van der Waals surface area (Å²) >= 11 is 0. The molecule has 0 aliphatic carbocycles. The largest absolute Gasteiger partial charge is 0.487 e. The van der Waals surface area contributed by atoms with Crippen molar-refractivity contribution in [2.75, 3.05) is 19.7 Å². The smallest absolute Gasteiger partial charge is 0.167 e. The molecule has 2 saturated heterocycles. The highest BCUT2D eigenvalue weighted by atomic mass is 19.1. The minimum absolute atomic E-state index is 0.0207. The average Bonchev–Trinajstić information content (AvgIpc) is 2.97. The van der Waals surface area contributed by atoms with Crippen molar-refractivity contribution in [2.24, 2.45) is 0 Å². The molecular weight excluding hydrogens is 264 g/mol. The van der Waals surface area contributed by atoms with Crippen molar-refractivity contribution in [3.05, 3.63) is 36.3 Å². The highest BCUT2D eigenvalue weighted by Crippen LogP contribution is 2.25. The minimum atomic E-state index is -0.639. The molecule has 0 spiro atoms. The van der Waals surface area contributed by atoms with E-state index in [2.05, 4.69) is 11.3 Å². The van der Waals surface area contributed by atoms with E-state index in [4.69, 9.17) is 9.47 Å². The summed E-state index contributed by atoms with van der Waals surface area (Å²) < 4.78 is 37.6. The van der Waals surface area contributed by atoms with Crippen molar-refractivity contribution in [1.82, 2.24) is 4.90 Å². The van der Waals surface area contributed by atoms with E-state index in [0.717, 1.165) is 45.0 Å². The second kappa shape index (κ2) is 6.06. The van der Waals surface area contributed by atoms with Crippen LogP contribution in [0.5, 0.6) is 5.75 Å². The SMILES string of the molecule is Fc1ccc(OC2CCN([C@H]3[CH]CCO3)CC2)c(F)c1. The summed E-state index contributed by atoms with van der Waals surface area (Å²) in [6, 6.07) is 3.42. The lowest BCUT2D eigenvalue weighted by Gasteiger charge is -2.35. The molecule has 0 amide bonds. The van der Waals surface area contributed by atoms with Crippen LogP contribution in [0.4, 0.5) is 8.78 Å². The molecule has 1 aromatic carbocycles. The van der Waals surface area contributed by atoms with Gasteiger partial charge in [0.2, 0.25) is 0 Å². The van der Waals surface area contributed by atoms with Gasteiger partial charge in [-0.3, -0.25) is 4.90 Å². The van der Waals surface area contributed by atoms with Gasteiger partial charge in [-0.05, 0) is 31.4 Å². The predicted octanol–water partition coefficient (Wildman–Crippen LogP) is 2.76. The second-order valence-electron chi connectivity index (χ2n) is 5.21. The number of hydrogen-bond donors (Lipinski definition) is 0. The number of benzene rings is 1. The molecule has 3 nitrogen and oxygen atoms in total. The van der Waals surface area contributed by atoms with Crippen LogP contribution >= 0.6 is 0 Å². The summed E-state index contributed by atoms with van der Waals surface area (Å²) in [5.41, 5.74) is 0. The Morgan fingerprint density at radius 2 is 2.00 bits per heavy atom. The highest BCUT2D eigenvalue weighted by Gasteiger charge is 2.29. The Bertz CT molecular complexity index is 455. The first-order valence-electron chi connectivity index (χ1n) is 7.03. The van der Waals surface area contributed by atoms with Gasteiger partial charge in [-0.15, -0.1) is 0 Å². The first-order chi connectivity index (χ1) is 9.72. The minimum Gasteiger partial charge on any atom is -0.487 e. The third kappa shape index (κ3) is 3.10. The maximum Gasteiger partial charge on any atom is 0.167 e. The van der Waals surface area contributed by atoms with Crippen LogP contribution in [0.25, 0.3) is 0 Å². The third-order valence-electron chi connectivity index (χ3n) is 3.80. The van der Waals surface area contributed by atoms with Gasteiger partial charge >= 0.3 is 0 Å². The van der Waals surface area contributed by atoms with Crippen LogP contribution in [-0.4, -0.2) is 36.9 Å². The number of rotatable bonds is 3. The van der Waals surface area contributed by atoms with Gasteiger partial charge in [-0.25, -0.2) is 8.78 Å². The molecule has 1 atom stereocenters. The molecule has 0 aromatic heterocycles. The zero-order chi connectivity index (χ0) is 13.9. The van der Waals surface area contributed by atoms with Gasteiger partial charge < -0.3 is 9.47 Å². The molecule has 2 fully saturated rings. The lowest BCUT2D eigenvalue weighted by atomic mass is 10.1. The van der Waals surface area contributed by atoms with Crippen molar-refractivity contribution >= 4 is 0 Å². The molecule has 0 unspecified atom stereocenters. The first kappa shape index (κ1) is 13.8. The van der Waals surface area contributed by atoms with Crippen molar-refractivity contribution in [1.29, 1.82) is 0 Å². The number of halogens is 2. The van der Waals surface area contributed by atoms with E-state index in [-0.39, 0.29) is 18.1 Å². The topological polar surface area (TPSA) is 21.7 Å². The average molecular weight is 282 g/mol. The van der Waals surface area contributed by atoms with Crippen LogP contribution in [0.2, 0.25) is 0 Å². The van der Waals surface area contributed by atoms with Crippen molar-refractivity contribution in [3.8, 4) is 5.75 Å². The summed E-state index contributed by atoms with van der Waals surface area (Å²) in [6.07, 6.45) is 4.93. The molecule has 109 valence electrons. The molecule has 20 heavy (non-hydrogen) atoms. The standard InChI is InChI=1S/C15H18F2NO2/c16-11-3-4-14(13(17)10-11)20-12-5-7-18(8-6-12)15-2-1-9-19-15/h2-4,10,12,15H,1,5-9H2/t15-/m1/s1. The van der Waals surface area contributed by atoms with Crippen molar-refractivity contribution < 1.29 is 18.3 Å². The molecular formula is C15H18F2NO2. The lowest BCUT2D eigenvalue weighted by molar-refractivity contribution is -0.0312. The Labute approximate surface area is 117 Å². The Morgan fingerprint density at radius 3 is 2.65 bits per heavy atom. The van der Waals surface area contributed by atoms with Gasteiger partial charge in [0.15, 0.2) is 11.6 Å². The van der Waals surface area contributed by atoms with Crippen LogP contribution in [0.3, 0.4) is 0 Å². The number of hydrogen-bond acceptors (Lipinski definition) is 3. The van der Waals surface area contributed by atoms with E-state index in [1.165, 1.54) is 12.1 Å². The van der Waals surface area contributed by atoms with Gasteiger partial charge in [-0.2, -0.15) is 0 Å². The van der Waals surface area contributed by atoms with Gasteiger partial charge in [-0.1, -0.05) is 0 Å². The Balaban J connectivity index is 1.53. The molecule has 2 heterocycles. The monoisotopic (exact) mass is 282 g/mol. The highest BCUT2D eigenvalue weighted by molar-refractivity contribution is 5.25. The fourth-order valence-corrected chi connectivity index (χ4v) is 2.72. The van der Waals surface area contributed by atoms with Gasteiger partial charge in [0.25, 0.3) is 0 Å². The quantitative estimate of drug-likeness (QED) is 0.851. The predicted molar refractivity (Wildman–Crippen MR) is 70.2 cm³/mol. The maximum atomic E-state index is 13.5. The third-order valence-corrected chi connectivity index (χ3v) is 3.80. The molecule has 3 rings (SSSR count). The van der Waals surface area contributed by atoms with Crippen molar-refractivity contribution in [3.63, 3.8) is 0 Å². The van der Waals surface area contributed by atoms with E-state index in [9.17, 15) is 8.78 Å².